The molecule has 2 N–H and O–H groups in total. The largest absolute Gasteiger partial charge is 0.489 e. The van der Waals surface area contributed by atoms with Gasteiger partial charge in [-0.2, -0.15) is 0 Å². The van der Waals surface area contributed by atoms with Crippen molar-refractivity contribution < 1.29 is 28.0 Å². The van der Waals surface area contributed by atoms with Gasteiger partial charge in [0.15, 0.2) is 0 Å². The zero-order valence-corrected chi connectivity index (χ0v) is 21.0. The number of ether oxygens (including phenoxy) is 1. The molecule has 1 aromatic heterocycles. The predicted octanol–water partition coefficient (Wildman–Crippen LogP) is 2.77. The number of rotatable bonds is 9. The van der Waals surface area contributed by atoms with Crippen LogP contribution in [0.2, 0.25) is 10.3 Å². The van der Waals surface area contributed by atoms with Gasteiger partial charge >= 0.3 is 0 Å². The number of sulfone groups is 1. The number of hydroxylamine groups is 1. The third kappa shape index (κ3) is 6.18. The van der Waals surface area contributed by atoms with Crippen molar-refractivity contribution in [3.8, 4) is 5.75 Å². The molecule has 2 amide bonds. The van der Waals surface area contributed by atoms with Gasteiger partial charge in [-0.25, -0.2) is 18.9 Å². The predicted molar refractivity (Wildman–Crippen MR) is 127 cm³/mol. The Morgan fingerprint density at radius 3 is 2.44 bits per heavy atom. The zero-order chi connectivity index (χ0) is 25.1. The first kappa shape index (κ1) is 26.2. The van der Waals surface area contributed by atoms with Crippen LogP contribution >= 0.6 is 23.2 Å². The van der Waals surface area contributed by atoms with E-state index in [2.05, 4.69) is 4.98 Å². The summed E-state index contributed by atoms with van der Waals surface area (Å²) in [6.07, 6.45) is 1.37. The first-order valence-electron chi connectivity index (χ1n) is 10.4. The maximum Gasteiger partial charge on any atom is 0.266 e. The number of carbonyl (C=O) groups excluding carboxylic acids is 2. The van der Waals surface area contributed by atoms with Crippen LogP contribution in [-0.4, -0.2) is 59.9 Å². The molecule has 1 fully saturated rings. The number of carbonyl (C=O) groups is 2. The third-order valence-corrected chi connectivity index (χ3v) is 7.22. The van der Waals surface area contributed by atoms with Crippen LogP contribution in [0.15, 0.2) is 36.4 Å². The fourth-order valence-corrected chi connectivity index (χ4v) is 5.10. The lowest BCUT2D eigenvalue weighted by Crippen LogP contribution is -2.49. The van der Waals surface area contributed by atoms with Gasteiger partial charge in [0, 0.05) is 12.8 Å². The van der Waals surface area contributed by atoms with Crippen LogP contribution < -0.4 is 10.2 Å². The number of hydrogen-bond acceptors (Lipinski definition) is 7. The molecule has 0 saturated carbocycles. The molecular weight excluding hydrogens is 505 g/mol. The van der Waals surface area contributed by atoms with Crippen molar-refractivity contribution in [2.24, 2.45) is 0 Å². The Bertz CT molecular complexity index is 1160. The normalized spacial score (nSPS) is 19.2. The summed E-state index contributed by atoms with van der Waals surface area (Å²) in [4.78, 5) is 30.7. The number of halogens is 2. The maximum absolute atomic E-state index is 13.3. The van der Waals surface area contributed by atoms with E-state index in [1.54, 1.807) is 48.8 Å². The van der Waals surface area contributed by atoms with Crippen LogP contribution in [0.4, 0.5) is 0 Å². The SMILES string of the molecule is CC1(c2ccc(OCc3cc(Cl)nc(Cl)c3)cc2)CCN(C(CCS(C)(=O)=O)C(=O)NO)C1=O. The number of nitrogens with zero attached hydrogens (tertiary/aromatic N) is 2. The van der Waals surface area contributed by atoms with Crippen LogP contribution in [0.25, 0.3) is 0 Å². The van der Waals surface area contributed by atoms with Crippen LogP contribution in [0.5, 0.6) is 5.75 Å². The number of benzene rings is 1. The zero-order valence-electron chi connectivity index (χ0n) is 18.6. The molecule has 2 atom stereocenters. The molecule has 1 aliphatic rings. The van der Waals surface area contributed by atoms with E-state index in [0.717, 1.165) is 17.4 Å². The van der Waals surface area contributed by atoms with Gasteiger partial charge in [-0.1, -0.05) is 35.3 Å². The molecule has 2 heterocycles. The Morgan fingerprint density at radius 1 is 1.26 bits per heavy atom. The van der Waals surface area contributed by atoms with Gasteiger partial charge in [0.1, 0.15) is 38.5 Å². The molecule has 9 nitrogen and oxygen atoms in total. The lowest BCUT2D eigenvalue weighted by atomic mass is 9.81. The Balaban J connectivity index is 1.72. The van der Waals surface area contributed by atoms with E-state index in [1.165, 1.54) is 4.90 Å². The summed E-state index contributed by atoms with van der Waals surface area (Å²) in [5, 5.41) is 9.64. The summed E-state index contributed by atoms with van der Waals surface area (Å²) >= 11 is 11.8. The Labute approximate surface area is 207 Å². The van der Waals surface area contributed by atoms with E-state index in [4.69, 9.17) is 33.1 Å². The van der Waals surface area contributed by atoms with E-state index in [1.807, 2.05) is 0 Å². The topological polar surface area (TPSA) is 126 Å². The van der Waals surface area contributed by atoms with E-state index in [-0.39, 0.29) is 41.5 Å². The number of nitrogens with one attached hydrogen (secondary N) is 1. The minimum absolute atomic E-state index is 0.108. The number of amides is 2. The van der Waals surface area contributed by atoms with Crippen molar-refractivity contribution in [3.05, 3.63) is 57.8 Å². The first-order valence-corrected chi connectivity index (χ1v) is 13.2. The van der Waals surface area contributed by atoms with Crippen LogP contribution in [0.3, 0.4) is 0 Å². The summed E-state index contributed by atoms with van der Waals surface area (Å²) in [6, 6.07) is 9.25. The molecule has 0 bridgehead atoms. The van der Waals surface area contributed by atoms with E-state index < -0.39 is 27.2 Å². The first-order chi connectivity index (χ1) is 15.9. The molecule has 2 aromatic rings. The van der Waals surface area contributed by atoms with Crippen LogP contribution in [0, 0.1) is 0 Å². The van der Waals surface area contributed by atoms with Gasteiger partial charge in [0.25, 0.3) is 5.91 Å². The fraction of sp³-hybridized carbons (Fsp3) is 0.409. The standard InChI is InChI=1S/C22H25Cl2N3O6S/c1-22(8-9-27(21(22)29)17(20(28)26-30)7-10-34(2,31)32)15-3-5-16(6-4-15)33-13-14-11-18(23)25-19(24)12-14/h3-6,11-12,17,30H,7-10,13H2,1-2H3,(H,26,28). The second kappa shape index (κ2) is 10.5. The average Bonchev–Trinajstić information content (AvgIpc) is 3.07. The third-order valence-electron chi connectivity index (χ3n) is 5.86. The number of hydrogen-bond donors (Lipinski definition) is 2. The van der Waals surface area contributed by atoms with Crippen molar-refractivity contribution in [1.29, 1.82) is 0 Å². The summed E-state index contributed by atoms with van der Waals surface area (Å²) in [6.45, 7) is 2.25. The molecule has 1 aliphatic heterocycles. The Kier molecular flexibility index (Phi) is 8.07. The van der Waals surface area contributed by atoms with E-state index >= 15 is 0 Å². The van der Waals surface area contributed by atoms with Crippen molar-refractivity contribution in [3.63, 3.8) is 0 Å². The second-order valence-electron chi connectivity index (χ2n) is 8.42. The Hall–Kier alpha value is -2.40. The number of pyridine rings is 1. The van der Waals surface area contributed by atoms with Crippen molar-refractivity contribution in [1.82, 2.24) is 15.4 Å². The monoisotopic (exact) mass is 529 g/mol. The van der Waals surface area contributed by atoms with Gasteiger partial charge in [-0.15, -0.1) is 0 Å². The number of aromatic nitrogens is 1. The van der Waals surface area contributed by atoms with Crippen LogP contribution in [-0.2, 0) is 31.4 Å². The highest BCUT2D eigenvalue weighted by molar-refractivity contribution is 7.90. The lowest BCUT2D eigenvalue weighted by Gasteiger charge is -2.29. The quantitative estimate of drug-likeness (QED) is 0.290. The van der Waals surface area contributed by atoms with Gasteiger partial charge in [0.05, 0.1) is 11.2 Å². The highest BCUT2D eigenvalue weighted by Gasteiger charge is 2.47. The highest BCUT2D eigenvalue weighted by atomic mass is 35.5. The van der Waals surface area contributed by atoms with Crippen molar-refractivity contribution >= 4 is 44.9 Å². The molecule has 1 saturated heterocycles. The average molecular weight is 530 g/mol. The molecule has 3 rings (SSSR count). The summed E-state index contributed by atoms with van der Waals surface area (Å²) in [7, 11) is -3.36. The minimum Gasteiger partial charge on any atom is -0.489 e. The molecule has 34 heavy (non-hydrogen) atoms. The van der Waals surface area contributed by atoms with E-state index in [0.29, 0.717) is 12.2 Å². The second-order valence-corrected chi connectivity index (χ2v) is 11.5. The molecular formula is C22H25Cl2N3O6S. The number of likely N-dealkylation sites (tertiary alicyclic amines) is 1. The molecule has 1 aromatic carbocycles. The fourth-order valence-electron chi connectivity index (χ4n) is 3.95. The molecule has 2 unspecified atom stereocenters. The minimum atomic E-state index is -3.36. The van der Waals surface area contributed by atoms with Gasteiger partial charge < -0.3 is 9.64 Å². The smallest absolute Gasteiger partial charge is 0.266 e. The molecule has 12 heteroatoms. The summed E-state index contributed by atoms with van der Waals surface area (Å²) < 4.78 is 28.9. The summed E-state index contributed by atoms with van der Waals surface area (Å²) in [5.41, 5.74) is 2.11. The maximum atomic E-state index is 13.3. The summed E-state index contributed by atoms with van der Waals surface area (Å²) in [5.74, 6) is -0.846. The molecule has 184 valence electrons. The molecule has 0 spiro atoms. The van der Waals surface area contributed by atoms with Crippen molar-refractivity contribution in [2.45, 2.75) is 37.8 Å². The van der Waals surface area contributed by atoms with Gasteiger partial charge in [-0.3, -0.25) is 14.8 Å². The van der Waals surface area contributed by atoms with Gasteiger partial charge in [0.2, 0.25) is 5.91 Å². The molecule has 0 radical (unpaired) electrons. The Morgan fingerprint density at radius 2 is 1.88 bits per heavy atom. The lowest BCUT2D eigenvalue weighted by molar-refractivity contribution is -0.143. The van der Waals surface area contributed by atoms with E-state index in [9.17, 15) is 18.0 Å². The molecule has 0 aliphatic carbocycles. The highest BCUT2D eigenvalue weighted by Crippen LogP contribution is 2.37. The van der Waals surface area contributed by atoms with Crippen molar-refractivity contribution in [2.75, 3.05) is 18.6 Å². The van der Waals surface area contributed by atoms with Gasteiger partial charge in [-0.05, 0) is 55.2 Å². The van der Waals surface area contributed by atoms with Crippen LogP contribution in [0.1, 0.15) is 30.9 Å².